The molecular weight excluding hydrogens is 299 g/mol. The number of carbonyl (C=O) groups excluding carboxylic acids is 1. The molecule has 1 aromatic heterocycles. The van der Waals surface area contributed by atoms with Crippen molar-refractivity contribution in [3.05, 3.63) is 34.8 Å². The molecule has 0 fully saturated rings. The van der Waals surface area contributed by atoms with Crippen LogP contribution in [0.15, 0.2) is 30.3 Å². The Morgan fingerprint density at radius 1 is 1.41 bits per heavy atom. The van der Waals surface area contributed by atoms with Crippen molar-refractivity contribution in [2.24, 2.45) is 0 Å². The third kappa shape index (κ3) is 3.63. The Bertz CT molecular complexity index is 474. The van der Waals surface area contributed by atoms with E-state index in [0.717, 1.165) is 5.75 Å². The van der Waals surface area contributed by atoms with Gasteiger partial charge in [0.1, 0.15) is 0 Å². The molecule has 90 valence electrons. The number of thioether (sulfide) groups is 1. The van der Waals surface area contributed by atoms with Gasteiger partial charge in [0.15, 0.2) is 0 Å². The van der Waals surface area contributed by atoms with Crippen molar-refractivity contribution in [2.75, 3.05) is 12.4 Å². The van der Waals surface area contributed by atoms with Crippen LogP contribution < -0.4 is 0 Å². The van der Waals surface area contributed by atoms with Crippen molar-refractivity contribution < 1.29 is 9.53 Å². The van der Waals surface area contributed by atoms with Crippen LogP contribution in [0.1, 0.15) is 11.4 Å². The Morgan fingerprint density at radius 3 is 3.00 bits per heavy atom. The van der Waals surface area contributed by atoms with Gasteiger partial charge < -0.3 is 0 Å². The van der Waals surface area contributed by atoms with Gasteiger partial charge in [0, 0.05) is 0 Å². The summed E-state index contributed by atoms with van der Waals surface area (Å²) < 4.78 is 7.80. The van der Waals surface area contributed by atoms with Gasteiger partial charge in [-0.25, -0.2) is 0 Å². The third-order valence-electron chi connectivity index (χ3n) is 2.25. The van der Waals surface area contributed by atoms with Crippen LogP contribution >= 0.6 is 11.8 Å². The average molecular weight is 313 g/mol. The van der Waals surface area contributed by atoms with E-state index >= 15 is 0 Å². The van der Waals surface area contributed by atoms with Crippen LogP contribution in [0, 0.1) is 0 Å². The molecule has 0 atom stereocenters. The number of esters is 1. The summed E-state index contributed by atoms with van der Waals surface area (Å²) in [6, 6.07) is 10.8. The van der Waals surface area contributed by atoms with Gasteiger partial charge in [0.05, 0.1) is 0 Å². The summed E-state index contributed by atoms with van der Waals surface area (Å²) in [4.78, 5) is 11.2. The summed E-state index contributed by atoms with van der Waals surface area (Å²) in [7, 11) is 0. The van der Waals surface area contributed by atoms with Crippen LogP contribution in [-0.2, 0) is 15.3 Å². The number of ether oxygens (including phenoxy) is 1. The zero-order valence-electron chi connectivity index (χ0n) is 9.64. The van der Waals surface area contributed by atoms with Crippen molar-refractivity contribution >= 4 is 41.9 Å². The maximum absolute atomic E-state index is 11.2. The molecule has 2 aromatic rings. The standard InChI is InChI=1S/C13H14O2SSe/c1-2-15-13(14)9-16-8-11-7-10-5-3-4-6-12(10)17-11/h3-7H,2,8-9H2,1H3. The first-order valence-corrected chi connectivity index (χ1v) is 8.37. The Balaban J connectivity index is 1.89. The molecular formula is C13H14O2SSe. The van der Waals surface area contributed by atoms with Crippen LogP contribution in [0.2, 0.25) is 0 Å². The second kappa shape index (κ2) is 6.29. The van der Waals surface area contributed by atoms with Crippen LogP contribution in [0.25, 0.3) is 9.65 Å². The second-order valence-corrected chi connectivity index (χ2v) is 6.99. The first-order valence-electron chi connectivity index (χ1n) is 5.50. The molecule has 0 saturated carbocycles. The zero-order chi connectivity index (χ0) is 12.1. The minimum absolute atomic E-state index is 0.110. The zero-order valence-corrected chi connectivity index (χ0v) is 12.2. The monoisotopic (exact) mass is 314 g/mol. The molecule has 0 radical (unpaired) electrons. The fourth-order valence-electron chi connectivity index (χ4n) is 1.55. The topological polar surface area (TPSA) is 26.3 Å². The summed E-state index contributed by atoms with van der Waals surface area (Å²) in [5, 5.41) is 1.35. The Hall–Kier alpha value is -0.701. The Labute approximate surface area is 111 Å². The van der Waals surface area contributed by atoms with Gasteiger partial charge in [0.25, 0.3) is 0 Å². The van der Waals surface area contributed by atoms with Crippen molar-refractivity contribution in [3.63, 3.8) is 0 Å². The number of rotatable bonds is 5. The van der Waals surface area contributed by atoms with Crippen LogP contribution in [-0.4, -0.2) is 32.8 Å². The number of hydrogen-bond donors (Lipinski definition) is 0. The van der Waals surface area contributed by atoms with Crippen molar-refractivity contribution in [1.29, 1.82) is 0 Å². The Morgan fingerprint density at radius 2 is 2.24 bits per heavy atom. The molecule has 2 nitrogen and oxygen atoms in total. The van der Waals surface area contributed by atoms with E-state index in [-0.39, 0.29) is 5.97 Å². The molecule has 1 aromatic carbocycles. The van der Waals surface area contributed by atoms with Gasteiger partial charge in [-0.05, 0) is 0 Å². The van der Waals surface area contributed by atoms with E-state index in [1.54, 1.807) is 11.8 Å². The van der Waals surface area contributed by atoms with E-state index in [1.165, 1.54) is 14.1 Å². The van der Waals surface area contributed by atoms with E-state index in [0.29, 0.717) is 26.9 Å². The van der Waals surface area contributed by atoms with Crippen molar-refractivity contribution in [1.82, 2.24) is 0 Å². The first-order chi connectivity index (χ1) is 8.29. The molecule has 0 saturated heterocycles. The van der Waals surface area contributed by atoms with E-state index < -0.39 is 0 Å². The summed E-state index contributed by atoms with van der Waals surface area (Å²) in [6.45, 7) is 2.30. The van der Waals surface area contributed by atoms with Gasteiger partial charge >= 0.3 is 111 Å². The molecule has 0 spiro atoms. The van der Waals surface area contributed by atoms with Crippen LogP contribution in [0.4, 0.5) is 0 Å². The molecule has 1 heterocycles. The summed E-state index contributed by atoms with van der Waals surface area (Å²) in [5.74, 6) is 1.28. The fourth-order valence-corrected chi connectivity index (χ4v) is 4.94. The third-order valence-corrected chi connectivity index (χ3v) is 5.96. The second-order valence-electron chi connectivity index (χ2n) is 3.55. The quantitative estimate of drug-likeness (QED) is 0.627. The molecule has 0 aliphatic heterocycles. The van der Waals surface area contributed by atoms with Gasteiger partial charge in [-0.2, -0.15) is 0 Å². The number of carbonyl (C=O) groups is 1. The normalized spacial score (nSPS) is 10.6. The van der Waals surface area contributed by atoms with Crippen molar-refractivity contribution in [2.45, 2.75) is 12.7 Å². The van der Waals surface area contributed by atoms with E-state index in [1.807, 2.05) is 6.92 Å². The maximum atomic E-state index is 11.2. The molecule has 0 aliphatic carbocycles. The molecule has 4 heteroatoms. The predicted octanol–water partition coefficient (Wildman–Crippen LogP) is 2.69. The number of fused-ring (bicyclic) bond motifs is 1. The summed E-state index contributed by atoms with van der Waals surface area (Å²) >= 11 is 2.08. The van der Waals surface area contributed by atoms with E-state index in [4.69, 9.17) is 4.74 Å². The van der Waals surface area contributed by atoms with Gasteiger partial charge in [-0.1, -0.05) is 0 Å². The fraction of sp³-hybridized carbons (Fsp3) is 0.308. The van der Waals surface area contributed by atoms with E-state index in [9.17, 15) is 4.79 Å². The first kappa shape index (κ1) is 12.7. The number of hydrogen-bond acceptors (Lipinski definition) is 3. The molecule has 2 rings (SSSR count). The van der Waals surface area contributed by atoms with Gasteiger partial charge in [-0.15, -0.1) is 0 Å². The van der Waals surface area contributed by atoms with Crippen LogP contribution in [0.5, 0.6) is 0 Å². The summed E-state index contributed by atoms with van der Waals surface area (Å²) in [6.07, 6.45) is 0. The molecule has 0 unspecified atom stereocenters. The molecule has 0 aliphatic rings. The Kier molecular flexibility index (Phi) is 4.72. The van der Waals surface area contributed by atoms with E-state index in [2.05, 4.69) is 30.3 Å². The van der Waals surface area contributed by atoms with Crippen molar-refractivity contribution in [3.8, 4) is 0 Å². The molecule has 0 bridgehead atoms. The van der Waals surface area contributed by atoms with Gasteiger partial charge in [0.2, 0.25) is 0 Å². The minimum atomic E-state index is -0.110. The van der Waals surface area contributed by atoms with Gasteiger partial charge in [-0.3, -0.25) is 0 Å². The molecule has 0 N–H and O–H groups in total. The molecule has 0 amide bonds. The average Bonchev–Trinajstić information content (AvgIpc) is 2.71. The number of benzene rings is 1. The predicted molar refractivity (Wildman–Crippen MR) is 73.7 cm³/mol. The SMILES string of the molecule is CCOC(=O)CSCc1cc2ccccc2[se]1. The molecule has 17 heavy (non-hydrogen) atoms. The van der Waals surface area contributed by atoms with Crippen LogP contribution in [0.3, 0.4) is 0 Å². The summed E-state index contributed by atoms with van der Waals surface area (Å²) in [5.41, 5.74) is 0.